The Morgan fingerprint density at radius 3 is 2.52 bits per heavy atom. The van der Waals surface area contributed by atoms with Crippen LogP contribution in [0.3, 0.4) is 0 Å². The molecular formula is C16H20N4S. The lowest BCUT2D eigenvalue weighted by molar-refractivity contribution is 0.867. The molecule has 0 aliphatic rings. The molecule has 0 amide bonds. The maximum absolute atomic E-state index is 5.21. The maximum Gasteiger partial charge on any atom is 0.191 e. The Labute approximate surface area is 130 Å². The number of thiocarbonyl (C=S) groups is 1. The van der Waals surface area contributed by atoms with Crippen LogP contribution in [0.4, 0.5) is 5.69 Å². The normalized spacial score (nSPS) is 11.0. The van der Waals surface area contributed by atoms with Gasteiger partial charge in [0.1, 0.15) is 0 Å². The highest BCUT2D eigenvalue weighted by atomic mass is 32.1. The molecule has 21 heavy (non-hydrogen) atoms. The lowest BCUT2D eigenvalue weighted by Gasteiger charge is -2.09. The first kappa shape index (κ1) is 15.3. The molecule has 2 rings (SSSR count). The average Bonchev–Trinajstić information content (AvgIpc) is 2.85. The van der Waals surface area contributed by atoms with Gasteiger partial charge in [0.05, 0.1) is 11.9 Å². The van der Waals surface area contributed by atoms with Crippen molar-refractivity contribution in [3.63, 3.8) is 0 Å². The minimum Gasteiger partial charge on any atom is -0.350 e. The molecule has 0 fully saturated rings. The van der Waals surface area contributed by atoms with Crippen molar-refractivity contribution in [2.24, 2.45) is 12.1 Å². The molecule has 0 atom stereocenters. The second kappa shape index (κ2) is 7.04. The molecule has 0 aliphatic carbocycles. The van der Waals surface area contributed by atoms with Gasteiger partial charge in [-0.1, -0.05) is 26.0 Å². The van der Waals surface area contributed by atoms with Crippen molar-refractivity contribution < 1.29 is 0 Å². The van der Waals surface area contributed by atoms with E-state index in [2.05, 4.69) is 41.8 Å². The second-order valence-corrected chi connectivity index (χ2v) is 5.55. The van der Waals surface area contributed by atoms with Crippen LogP contribution in [0, 0.1) is 0 Å². The number of hydrazone groups is 1. The SMILES string of the molecule is CC(C)c1ccc(NC(=S)N/N=C/c2cccn2C)cc1. The van der Waals surface area contributed by atoms with Crippen molar-refractivity contribution >= 4 is 29.2 Å². The zero-order valence-corrected chi connectivity index (χ0v) is 13.3. The number of hydrogen-bond donors (Lipinski definition) is 2. The Morgan fingerprint density at radius 2 is 1.95 bits per heavy atom. The van der Waals surface area contributed by atoms with Crippen LogP contribution >= 0.6 is 12.2 Å². The van der Waals surface area contributed by atoms with Gasteiger partial charge in [0.2, 0.25) is 0 Å². The standard InChI is InChI=1S/C16H20N4S/c1-12(2)13-6-8-14(9-7-13)18-16(21)19-17-11-15-5-4-10-20(15)3/h4-12H,1-3H3,(H2,18,19,21)/b17-11+. The Kier molecular flexibility index (Phi) is 5.11. The van der Waals surface area contributed by atoms with Gasteiger partial charge < -0.3 is 9.88 Å². The van der Waals surface area contributed by atoms with Gasteiger partial charge in [-0.05, 0) is 48.0 Å². The molecule has 2 N–H and O–H groups in total. The molecule has 0 saturated carbocycles. The molecule has 4 nitrogen and oxygen atoms in total. The summed E-state index contributed by atoms with van der Waals surface area (Å²) in [5.74, 6) is 0.527. The molecule has 110 valence electrons. The van der Waals surface area contributed by atoms with Crippen LogP contribution in [-0.2, 0) is 7.05 Å². The van der Waals surface area contributed by atoms with Crippen LogP contribution in [0.2, 0.25) is 0 Å². The molecule has 1 heterocycles. The van der Waals surface area contributed by atoms with Gasteiger partial charge in [0, 0.05) is 18.9 Å². The van der Waals surface area contributed by atoms with Gasteiger partial charge in [-0.2, -0.15) is 5.10 Å². The first-order valence-electron chi connectivity index (χ1n) is 6.87. The Balaban J connectivity index is 1.87. The van der Waals surface area contributed by atoms with E-state index in [0.717, 1.165) is 11.4 Å². The number of anilines is 1. The lowest BCUT2D eigenvalue weighted by Crippen LogP contribution is -2.23. The summed E-state index contributed by atoms with van der Waals surface area (Å²) in [6, 6.07) is 12.2. The van der Waals surface area contributed by atoms with Gasteiger partial charge in [-0.15, -0.1) is 0 Å². The van der Waals surface area contributed by atoms with Gasteiger partial charge >= 0.3 is 0 Å². The molecule has 1 aromatic carbocycles. The largest absolute Gasteiger partial charge is 0.350 e. The van der Waals surface area contributed by atoms with Crippen molar-refractivity contribution in [1.29, 1.82) is 0 Å². The third-order valence-electron chi connectivity index (χ3n) is 3.18. The third kappa shape index (κ3) is 4.43. The predicted octanol–water partition coefficient (Wildman–Crippen LogP) is 3.47. The molecule has 2 aromatic rings. The van der Waals surface area contributed by atoms with E-state index in [1.54, 1.807) is 6.21 Å². The van der Waals surface area contributed by atoms with E-state index in [0.29, 0.717) is 11.0 Å². The molecule has 0 bridgehead atoms. The minimum atomic E-state index is 0.470. The van der Waals surface area contributed by atoms with E-state index < -0.39 is 0 Å². The van der Waals surface area contributed by atoms with E-state index in [9.17, 15) is 0 Å². The van der Waals surface area contributed by atoms with E-state index in [1.165, 1.54) is 5.56 Å². The summed E-state index contributed by atoms with van der Waals surface area (Å²) in [7, 11) is 1.97. The summed E-state index contributed by atoms with van der Waals surface area (Å²) in [5, 5.41) is 7.69. The first-order valence-corrected chi connectivity index (χ1v) is 7.28. The molecule has 1 aromatic heterocycles. The summed E-state index contributed by atoms with van der Waals surface area (Å²) < 4.78 is 1.98. The summed E-state index contributed by atoms with van der Waals surface area (Å²) in [6.45, 7) is 4.35. The van der Waals surface area contributed by atoms with Crippen LogP contribution in [0.5, 0.6) is 0 Å². The van der Waals surface area contributed by atoms with E-state index in [1.807, 2.05) is 42.1 Å². The monoisotopic (exact) mass is 300 g/mol. The van der Waals surface area contributed by atoms with Crippen LogP contribution in [0.25, 0.3) is 0 Å². The fourth-order valence-electron chi connectivity index (χ4n) is 1.88. The third-order valence-corrected chi connectivity index (χ3v) is 3.38. The zero-order valence-electron chi connectivity index (χ0n) is 12.5. The second-order valence-electron chi connectivity index (χ2n) is 5.14. The van der Waals surface area contributed by atoms with Crippen LogP contribution in [0.1, 0.15) is 31.0 Å². The number of nitrogens with zero attached hydrogens (tertiary/aromatic N) is 2. The van der Waals surface area contributed by atoms with Crippen molar-refractivity contribution in [3.8, 4) is 0 Å². The number of nitrogens with one attached hydrogen (secondary N) is 2. The van der Waals surface area contributed by atoms with E-state index >= 15 is 0 Å². The summed E-state index contributed by atoms with van der Waals surface area (Å²) in [6.07, 6.45) is 3.70. The first-order chi connectivity index (χ1) is 10.1. The maximum atomic E-state index is 5.21. The fourth-order valence-corrected chi connectivity index (χ4v) is 2.05. The summed E-state index contributed by atoms with van der Waals surface area (Å²) in [5.41, 5.74) is 6.07. The van der Waals surface area contributed by atoms with Crippen molar-refractivity contribution in [2.75, 3.05) is 5.32 Å². The Bertz CT molecular complexity index is 626. The van der Waals surface area contributed by atoms with E-state index in [-0.39, 0.29) is 0 Å². The smallest absolute Gasteiger partial charge is 0.191 e. The van der Waals surface area contributed by atoms with Crippen molar-refractivity contribution in [2.45, 2.75) is 19.8 Å². The van der Waals surface area contributed by atoms with E-state index in [4.69, 9.17) is 12.2 Å². The summed E-state index contributed by atoms with van der Waals surface area (Å²) in [4.78, 5) is 0. The number of aryl methyl sites for hydroxylation is 1. The average molecular weight is 300 g/mol. The molecule has 0 saturated heterocycles. The van der Waals surface area contributed by atoms with Crippen molar-refractivity contribution in [3.05, 3.63) is 53.9 Å². The topological polar surface area (TPSA) is 41.4 Å². The van der Waals surface area contributed by atoms with Crippen LogP contribution in [0.15, 0.2) is 47.7 Å². The quantitative estimate of drug-likeness (QED) is 0.516. The molecular weight excluding hydrogens is 280 g/mol. The summed E-state index contributed by atoms with van der Waals surface area (Å²) >= 11 is 5.21. The number of benzene rings is 1. The predicted molar refractivity (Wildman–Crippen MR) is 92.9 cm³/mol. The van der Waals surface area contributed by atoms with Crippen LogP contribution < -0.4 is 10.7 Å². The van der Waals surface area contributed by atoms with Gasteiger partial charge in [0.25, 0.3) is 0 Å². The highest BCUT2D eigenvalue weighted by molar-refractivity contribution is 7.80. The molecule has 0 radical (unpaired) electrons. The minimum absolute atomic E-state index is 0.470. The van der Waals surface area contributed by atoms with Crippen molar-refractivity contribution in [1.82, 2.24) is 9.99 Å². The molecule has 0 spiro atoms. The number of rotatable bonds is 4. The lowest BCUT2D eigenvalue weighted by atomic mass is 10.0. The van der Waals surface area contributed by atoms with Gasteiger partial charge in [-0.25, -0.2) is 0 Å². The highest BCUT2D eigenvalue weighted by Gasteiger charge is 2.00. The van der Waals surface area contributed by atoms with Gasteiger partial charge in [-0.3, -0.25) is 5.43 Å². The number of hydrogen-bond acceptors (Lipinski definition) is 2. The fraction of sp³-hybridized carbons (Fsp3) is 0.250. The van der Waals surface area contributed by atoms with Gasteiger partial charge in [0.15, 0.2) is 5.11 Å². The molecule has 0 aliphatic heterocycles. The Morgan fingerprint density at radius 1 is 1.24 bits per heavy atom. The highest BCUT2D eigenvalue weighted by Crippen LogP contribution is 2.16. The molecule has 5 heteroatoms. The molecule has 0 unspecified atom stereocenters. The Hall–Kier alpha value is -2.14. The zero-order chi connectivity index (χ0) is 15.2. The van der Waals surface area contributed by atoms with Crippen LogP contribution in [-0.4, -0.2) is 15.9 Å². The number of aromatic nitrogens is 1.